The molecule has 0 atom stereocenters. The molecule has 0 spiro atoms. The Morgan fingerprint density at radius 3 is 2.07 bits per heavy atom. The molecule has 1 N–H and O–H groups in total. The van der Waals surface area contributed by atoms with Gasteiger partial charge in [-0.3, -0.25) is 19.4 Å². The van der Waals surface area contributed by atoms with Crippen LogP contribution in [0.25, 0.3) is 5.57 Å². The van der Waals surface area contributed by atoms with E-state index in [1.165, 1.54) is 10.5 Å². The number of carbonyl (C=O) groups is 2. The van der Waals surface area contributed by atoms with Gasteiger partial charge in [-0.05, 0) is 24.0 Å². The minimum Gasteiger partial charge on any atom is -0.502 e. The van der Waals surface area contributed by atoms with Gasteiger partial charge < -0.3 is 5.11 Å². The Morgan fingerprint density at radius 1 is 0.852 bits per heavy atom. The van der Waals surface area contributed by atoms with Gasteiger partial charge >= 0.3 is 0 Å². The second kappa shape index (κ2) is 7.37. The Bertz CT molecular complexity index is 869. The Balaban J connectivity index is 1.43. The van der Waals surface area contributed by atoms with Crippen molar-refractivity contribution in [1.82, 2.24) is 9.80 Å². The minimum absolute atomic E-state index is 0.118. The molecular formula is C22H22N2O3. The summed E-state index contributed by atoms with van der Waals surface area (Å²) >= 11 is 0. The Labute approximate surface area is 158 Å². The van der Waals surface area contributed by atoms with Gasteiger partial charge in [-0.25, -0.2) is 0 Å². The van der Waals surface area contributed by atoms with E-state index in [1.54, 1.807) is 24.3 Å². The minimum atomic E-state index is -0.569. The van der Waals surface area contributed by atoms with Gasteiger partial charge in [-0.15, -0.1) is 0 Å². The summed E-state index contributed by atoms with van der Waals surface area (Å²) in [7, 11) is 0. The number of nitrogens with zero attached hydrogens (tertiary/aromatic N) is 2. The summed E-state index contributed by atoms with van der Waals surface area (Å²) in [4.78, 5) is 29.0. The standard InChI is InChI=1S/C22H22N2O3/c25-20-19(17-9-5-2-6-10-17)21(26)24(22(20)27)18-11-13-23(14-12-18)15-16-7-3-1-4-8-16/h1-10,18,25H,11-15H2. The highest BCUT2D eigenvalue weighted by molar-refractivity contribution is 6.35. The summed E-state index contributed by atoms with van der Waals surface area (Å²) in [6.07, 6.45) is 1.44. The number of rotatable bonds is 4. The fourth-order valence-electron chi connectivity index (χ4n) is 3.91. The number of benzene rings is 2. The highest BCUT2D eigenvalue weighted by Gasteiger charge is 2.43. The van der Waals surface area contributed by atoms with Crippen molar-refractivity contribution in [2.75, 3.05) is 13.1 Å². The fraction of sp³-hybridized carbons (Fsp3) is 0.273. The van der Waals surface area contributed by atoms with E-state index in [4.69, 9.17) is 0 Å². The molecule has 1 saturated heterocycles. The summed E-state index contributed by atoms with van der Waals surface area (Å²) < 4.78 is 0. The van der Waals surface area contributed by atoms with Crippen molar-refractivity contribution in [2.45, 2.75) is 25.4 Å². The zero-order valence-electron chi connectivity index (χ0n) is 15.0. The summed E-state index contributed by atoms with van der Waals surface area (Å²) in [5.74, 6) is -1.39. The van der Waals surface area contributed by atoms with E-state index >= 15 is 0 Å². The van der Waals surface area contributed by atoms with Crippen LogP contribution in [0.2, 0.25) is 0 Å². The topological polar surface area (TPSA) is 60.9 Å². The number of hydrogen-bond acceptors (Lipinski definition) is 4. The highest BCUT2D eigenvalue weighted by Crippen LogP contribution is 2.32. The van der Waals surface area contributed by atoms with Crippen LogP contribution in [0.15, 0.2) is 66.4 Å². The normalized spacial score (nSPS) is 19.2. The quantitative estimate of drug-likeness (QED) is 0.850. The van der Waals surface area contributed by atoms with Crippen LogP contribution in [-0.4, -0.2) is 45.9 Å². The van der Waals surface area contributed by atoms with Crippen LogP contribution in [0.4, 0.5) is 0 Å². The number of aliphatic hydroxyl groups excluding tert-OH is 1. The average molecular weight is 362 g/mol. The number of likely N-dealkylation sites (tertiary alicyclic amines) is 1. The molecule has 138 valence electrons. The summed E-state index contributed by atoms with van der Waals surface area (Å²) in [5, 5.41) is 10.3. The molecule has 4 rings (SSSR count). The van der Waals surface area contributed by atoms with Crippen LogP contribution in [0.3, 0.4) is 0 Å². The second-order valence-electron chi connectivity index (χ2n) is 7.06. The van der Waals surface area contributed by atoms with Crippen molar-refractivity contribution < 1.29 is 14.7 Å². The molecule has 2 aromatic carbocycles. The van der Waals surface area contributed by atoms with Crippen LogP contribution < -0.4 is 0 Å². The number of amides is 2. The molecular weight excluding hydrogens is 340 g/mol. The third-order valence-electron chi connectivity index (χ3n) is 5.32. The molecule has 0 unspecified atom stereocenters. The number of aliphatic hydroxyl groups is 1. The predicted molar refractivity (Wildman–Crippen MR) is 103 cm³/mol. The zero-order chi connectivity index (χ0) is 18.8. The van der Waals surface area contributed by atoms with E-state index < -0.39 is 11.7 Å². The van der Waals surface area contributed by atoms with E-state index in [0.29, 0.717) is 5.56 Å². The van der Waals surface area contributed by atoms with Gasteiger partial charge in [0.25, 0.3) is 11.8 Å². The Hall–Kier alpha value is -2.92. The molecule has 2 aliphatic heterocycles. The zero-order valence-corrected chi connectivity index (χ0v) is 15.0. The molecule has 2 aromatic rings. The van der Waals surface area contributed by atoms with E-state index in [1.807, 2.05) is 24.3 Å². The second-order valence-corrected chi connectivity index (χ2v) is 7.06. The molecule has 2 heterocycles. The predicted octanol–water partition coefficient (Wildman–Crippen LogP) is 2.99. The Kier molecular flexibility index (Phi) is 4.77. The first kappa shape index (κ1) is 17.5. The van der Waals surface area contributed by atoms with Crippen molar-refractivity contribution in [1.29, 1.82) is 0 Å². The van der Waals surface area contributed by atoms with E-state index in [2.05, 4.69) is 17.0 Å². The number of piperidine rings is 1. The van der Waals surface area contributed by atoms with Crippen LogP contribution >= 0.6 is 0 Å². The van der Waals surface area contributed by atoms with Gasteiger partial charge in [0, 0.05) is 25.7 Å². The van der Waals surface area contributed by atoms with E-state index in [-0.39, 0.29) is 17.5 Å². The molecule has 0 saturated carbocycles. The smallest absolute Gasteiger partial charge is 0.296 e. The van der Waals surface area contributed by atoms with E-state index in [0.717, 1.165) is 32.5 Å². The molecule has 2 aliphatic rings. The first-order valence-electron chi connectivity index (χ1n) is 9.28. The van der Waals surface area contributed by atoms with Gasteiger partial charge in [-0.2, -0.15) is 0 Å². The Morgan fingerprint density at radius 2 is 1.44 bits per heavy atom. The summed E-state index contributed by atoms with van der Waals surface area (Å²) in [5.41, 5.74) is 1.96. The van der Waals surface area contributed by atoms with Crippen LogP contribution in [0.5, 0.6) is 0 Å². The molecule has 0 bridgehead atoms. The maximum absolute atomic E-state index is 12.9. The lowest BCUT2D eigenvalue weighted by Crippen LogP contribution is -2.47. The van der Waals surface area contributed by atoms with Crippen LogP contribution in [0, 0.1) is 0 Å². The van der Waals surface area contributed by atoms with Gasteiger partial charge in [0.2, 0.25) is 0 Å². The SMILES string of the molecule is O=C1C(O)=C(c2ccccc2)C(=O)N1C1CCN(Cc2ccccc2)CC1. The molecule has 0 aliphatic carbocycles. The van der Waals surface area contributed by atoms with Crippen LogP contribution in [0.1, 0.15) is 24.0 Å². The monoisotopic (exact) mass is 362 g/mol. The lowest BCUT2D eigenvalue weighted by Gasteiger charge is -2.35. The number of carbonyl (C=O) groups excluding carboxylic acids is 2. The molecule has 1 fully saturated rings. The fourth-order valence-corrected chi connectivity index (χ4v) is 3.91. The lowest BCUT2D eigenvalue weighted by molar-refractivity contribution is -0.141. The first-order chi connectivity index (χ1) is 13.1. The highest BCUT2D eigenvalue weighted by atomic mass is 16.3. The molecule has 27 heavy (non-hydrogen) atoms. The van der Waals surface area contributed by atoms with Crippen molar-refractivity contribution >= 4 is 17.4 Å². The maximum Gasteiger partial charge on any atom is 0.296 e. The third-order valence-corrected chi connectivity index (χ3v) is 5.32. The largest absolute Gasteiger partial charge is 0.502 e. The van der Waals surface area contributed by atoms with Crippen molar-refractivity contribution in [3.05, 3.63) is 77.5 Å². The first-order valence-corrected chi connectivity index (χ1v) is 9.28. The molecule has 5 heteroatoms. The van der Waals surface area contributed by atoms with Gasteiger partial charge in [0.1, 0.15) is 0 Å². The average Bonchev–Trinajstić information content (AvgIpc) is 2.93. The maximum atomic E-state index is 12.9. The van der Waals surface area contributed by atoms with Gasteiger partial charge in [-0.1, -0.05) is 60.7 Å². The van der Waals surface area contributed by atoms with Crippen molar-refractivity contribution in [3.63, 3.8) is 0 Å². The third kappa shape index (κ3) is 3.38. The van der Waals surface area contributed by atoms with Crippen molar-refractivity contribution in [3.8, 4) is 0 Å². The summed E-state index contributed by atoms with van der Waals surface area (Å²) in [6, 6.07) is 19.0. The van der Waals surface area contributed by atoms with Gasteiger partial charge in [0.05, 0.1) is 5.57 Å². The number of imide groups is 1. The van der Waals surface area contributed by atoms with Gasteiger partial charge in [0.15, 0.2) is 5.76 Å². The van der Waals surface area contributed by atoms with Crippen LogP contribution in [-0.2, 0) is 16.1 Å². The summed E-state index contributed by atoms with van der Waals surface area (Å²) in [6.45, 7) is 2.50. The number of hydrogen-bond donors (Lipinski definition) is 1. The van der Waals surface area contributed by atoms with Crippen molar-refractivity contribution in [2.24, 2.45) is 0 Å². The molecule has 2 amide bonds. The lowest BCUT2D eigenvalue weighted by atomic mass is 10.0. The molecule has 5 nitrogen and oxygen atoms in total. The van der Waals surface area contributed by atoms with E-state index in [9.17, 15) is 14.7 Å². The molecule has 0 aromatic heterocycles. The molecule has 0 radical (unpaired) electrons.